The molecule has 10 atom stereocenters. The normalized spacial score (nSPS) is 42.5. The van der Waals surface area contributed by atoms with Gasteiger partial charge in [-0.25, -0.2) is 0 Å². The van der Waals surface area contributed by atoms with Crippen LogP contribution in [0.25, 0.3) is 0 Å². The fourth-order valence-electron chi connectivity index (χ4n) is 8.65. The van der Waals surface area contributed by atoms with Gasteiger partial charge in [-0.2, -0.15) is 0 Å². The highest BCUT2D eigenvalue weighted by atomic mass is 32.2. The molecule has 4 fully saturated rings. The quantitative estimate of drug-likeness (QED) is 0.337. The van der Waals surface area contributed by atoms with Crippen molar-refractivity contribution in [2.75, 3.05) is 18.8 Å². The summed E-state index contributed by atoms with van der Waals surface area (Å²) in [5.74, 6) is 0.158. The molecule has 1 aliphatic heterocycles. The number of Topliss-reactive ketones (excluding diaryl/α,β-unsaturated/α-hetero) is 1. The summed E-state index contributed by atoms with van der Waals surface area (Å²) in [4.78, 5) is 41.7. The zero-order valence-electron chi connectivity index (χ0n) is 25.5. The monoisotopic (exact) mass is 576 g/mol. The average Bonchev–Trinajstić information content (AvgIpc) is 3.29. The second-order valence-electron chi connectivity index (χ2n) is 14.2. The SMILES string of the molecule is C=C[C@]1(C)C[C@@H](OC(=O)CS[C@H]2CCCN(C(=O)[C@H](N)C(C)C)C2)[C@]2(C)[C@H](C)CCC3(CCC(=O)[C@H]32)[C@@H](C)[C@@H]1O. The molecular formula is C32H52N2O5S. The van der Waals surface area contributed by atoms with Gasteiger partial charge in [-0.3, -0.25) is 14.4 Å². The van der Waals surface area contributed by atoms with Crippen molar-refractivity contribution in [3.63, 3.8) is 0 Å². The maximum atomic E-state index is 13.6. The van der Waals surface area contributed by atoms with Gasteiger partial charge >= 0.3 is 5.97 Å². The van der Waals surface area contributed by atoms with Gasteiger partial charge < -0.3 is 20.5 Å². The third-order valence-corrected chi connectivity index (χ3v) is 13.0. The van der Waals surface area contributed by atoms with Crippen LogP contribution in [0, 0.1) is 39.9 Å². The van der Waals surface area contributed by atoms with Gasteiger partial charge in [-0.1, -0.05) is 47.6 Å². The van der Waals surface area contributed by atoms with Crippen LogP contribution in [-0.4, -0.2) is 70.0 Å². The van der Waals surface area contributed by atoms with Crippen LogP contribution in [0.3, 0.4) is 0 Å². The van der Waals surface area contributed by atoms with Gasteiger partial charge in [-0.15, -0.1) is 18.3 Å². The van der Waals surface area contributed by atoms with Gasteiger partial charge in [0, 0.05) is 41.5 Å². The van der Waals surface area contributed by atoms with Gasteiger partial charge in [0.2, 0.25) is 5.91 Å². The van der Waals surface area contributed by atoms with Crippen molar-refractivity contribution in [1.29, 1.82) is 0 Å². The lowest BCUT2D eigenvalue weighted by molar-refractivity contribution is -0.205. The van der Waals surface area contributed by atoms with E-state index in [0.29, 0.717) is 25.9 Å². The number of hydrogen-bond acceptors (Lipinski definition) is 7. The van der Waals surface area contributed by atoms with Crippen molar-refractivity contribution < 1.29 is 24.2 Å². The van der Waals surface area contributed by atoms with Crippen molar-refractivity contribution in [2.45, 2.75) is 110 Å². The van der Waals surface area contributed by atoms with Crippen LogP contribution in [0.2, 0.25) is 0 Å². The van der Waals surface area contributed by atoms with E-state index in [1.54, 1.807) is 11.8 Å². The second-order valence-corrected chi connectivity index (χ2v) is 15.5. The third kappa shape index (κ3) is 5.30. The van der Waals surface area contributed by atoms with E-state index in [9.17, 15) is 19.5 Å². The van der Waals surface area contributed by atoms with Crippen LogP contribution in [0.4, 0.5) is 0 Å². The summed E-state index contributed by atoms with van der Waals surface area (Å²) in [5, 5.41) is 11.8. The smallest absolute Gasteiger partial charge is 0.316 e. The molecule has 0 spiro atoms. The Morgan fingerprint density at radius 2 is 1.95 bits per heavy atom. The van der Waals surface area contributed by atoms with Crippen LogP contribution < -0.4 is 5.73 Å². The average molecular weight is 577 g/mol. The largest absolute Gasteiger partial charge is 0.461 e. The minimum Gasteiger partial charge on any atom is -0.461 e. The molecular weight excluding hydrogens is 524 g/mol. The molecule has 4 rings (SSSR count). The lowest BCUT2D eigenvalue weighted by atomic mass is 9.44. The molecule has 3 aliphatic carbocycles. The summed E-state index contributed by atoms with van der Waals surface area (Å²) in [6.07, 6.45) is 6.12. The molecule has 3 saturated carbocycles. The van der Waals surface area contributed by atoms with E-state index in [2.05, 4.69) is 27.4 Å². The molecule has 0 aromatic heterocycles. The van der Waals surface area contributed by atoms with E-state index in [0.717, 1.165) is 32.1 Å². The number of amides is 1. The predicted octanol–water partition coefficient (Wildman–Crippen LogP) is 4.60. The molecule has 40 heavy (non-hydrogen) atoms. The fourth-order valence-corrected chi connectivity index (χ4v) is 9.71. The van der Waals surface area contributed by atoms with Crippen molar-refractivity contribution in [3.05, 3.63) is 12.7 Å². The maximum absolute atomic E-state index is 13.6. The number of ether oxygens (including phenoxy) is 1. The Balaban J connectivity index is 1.52. The molecule has 0 aromatic carbocycles. The number of carbonyl (C=O) groups is 3. The van der Waals surface area contributed by atoms with E-state index in [-0.39, 0.29) is 57.7 Å². The molecule has 1 saturated heterocycles. The van der Waals surface area contributed by atoms with Crippen LogP contribution >= 0.6 is 11.8 Å². The Labute approximate surface area is 245 Å². The van der Waals surface area contributed by atoms with E-state index in [1.807, 2.05) is 31.7 Å². The molecule has 1 amide bonds. The van der Waals surface area contributed by atoms with Crippen LogP contribution in [-0.2, 0) is 19.1 Å². The van der Waals surface area contributed by atoms with Crippen LogP contribution in [0.1, 0.15) is 86.5 Å². The van der Waals surface area contributed by atoms with E-state index < -0.39 is 29.1 Å². The number of hydrogen-bond donors (Lipinski definition) is 2. The first-order valence-electron chi connectivity index (χ1n) is 15.4. The molecule has 7 nitrogen and oxygen atoms in total. The fraction of sp³-hybridized carbons (Fsp3) is 0.844. The zero-order chi connectivity index (χ0) is 29.6. The van der Waals surface area contributed by atoms with Gasteiger partial charge in [0.25, 0.3) is 0 Å². The molecule has 2 bridgehead atoms. The van der Waals surface area contributed by atoms with E-state index in [4.69, 9.17) is 10.5 Å². The minimum atomic E-state index is -0.671. The predicted molar refractivity (Wildman–Crippen MR) is 160 cm³/mol. The van der Waals surface area contributed by atoms with Gasteiger partial charge in [-0.05, 0) is 61.7 Å². The highest BCUT2D eigenvalue weighted by Crippen LogP contribution is 2.68. The molecule has 1 unspecified atom stereocenters. The summed E-state index contributed by atoms with van der Waals surface area (Å²) in [6.45, 7) is 17.8. The van der Waals surface area contributed by atoms with E-state index >= 15 is 0 Å². The molecule has 0 radical (unpaired) electrons. The molecule has 3 N–H and O–H groups in total. The van der Waals surface area contributed by atoms with E-state index in [1.165, 1.54) is 0 Å². The van der Waals surface area contributed by atoms with Crippen molar-refractivity contribution >= 4 is 29.4 Å². The van der Waals surface area contributed by atoms with Crippen molar-refractivity contribution in [2.24, 2.45) is 45.7 Å². The molecule has 8 heteroatoms. The number of nitrogens with zero attached hydrogens (tertiary/aromatic N) is 1. The summed E-state index contributed by atoms with van der Waals surface area (Å²) in [5.41, 5.74) is 4.70. The first kappa shape index (κ1) is 31.6. The Hall–Kier alpha value is -1.38. The topological polar surface area (TPSA) is 110 Å². The highest BCUT2D eigenvalue weighted by molar-refractivity contribution is 8.00. The number of thioether (sulfide) groups is 1. The second kappa shape index (κ2) is 11.7. The number of ketones is 1. The zero-order valence-corrected chi connectivity index (χ0v) is 26.3. The highest BCUT2D eigenvalue weighted by Gasteiger charge is 2.68. The lowest BCUT2D eigenvalue weighted by Crippen LogP contribution is -2.63. The maximum Gasteiger partial charge on any atom is 0.316 e. The van der Waals surface area contributed by atoms with Gasteiger partial charge in [0.15, 0.2) is 0 Å². The number of carbonyl (C=O) groups excluding carboxylic acids is 3. The number of nitrogens with two attached hydrogens (primary N) is 1. The lowest BCUT2D eigenvalue weighted by Gasteiger charge is -2.61. The van der Waals surface area contributed by atoms with Crippen molar-refractivity contribution in [3.8, 4) is 0 Å². The number of esters is 1. The van der Waals surface area contributed by atoms with Crippen LogP contribution in [0.15, 0.2) is 12.7 Å². The Morgan fingerprint density at radius 3 is 2.60 bits per heavy atom. The number of aliphatic hydroxyl groups excluding tert-OH is 1. The van der Waals surface area contributed by atoms with Gasteiger partial charge in [0.05, 0.1) is 17.9 Å². The molecule has 226 valence electrons. The standard InChI is InChI=1S/C32H52N2O5S/c1-8-30(6)16-24(31(7)20(4)11-13-32(21(5)28(30)37)14-12-23(35)27(31)32)39-25(36)18-40-22-10-9-15-34(17-22)29(38)26(33)19(2)3/h8,19-22,24,26-28,37H,1,9-18,33H2,2-7H3/t20-,21+,22+,24-,26-,27+,28+,30-,31+,32?/m1/s1. The Morgan fingerprint density at radius 1 is 1.25 bits per heavy atom. The Kier molecular flexibility index (Phi) is 9.24. The third-order valence-electron chi connectivity index (χ3n) is 11.7. The number of piperidine rings is 1. The Bertz CT molecular complexity index is 1000. The van der Waals surface area contributed by atoms with Crippen LogP contribution in [0.5, 0.6) is 0 Å². The molecule has 4 aliphatic rings. The summed E-state index contributed by atoms with van der Waals surface area (Å²) in [7, 11) is 0. The number of likely N-dealkylation sites (tertiary alicyclic amines) is 1. The first-order valence-corrected chi connectivity index (χ1v) is 16.5. The van der Waals surface area contributed by atoms with Crippen molar-refractivity contribution in [1.82, 2.24) is 4.90 Å². The number of aliphatic hydroxyl groups is 1. The minimum absolute atomic E-state index is 0.0159. The van der Waals surface area contributed by atoms with Gasteiger partial charge in [0.1, 0.15) is 11.9 Å². The molecule has 1 heterocycles. The summed E-state index contributed by atoms with van der Waals surface area (Å²) < 4.78 is 6.38. The molecule has 0 aromatic rings. The summed E-state index contributed by atoms with van der Waals surface area (Å²) >= 11 is 1.55. The number of rotatable bonds is 7. The summed E-state index contributed by atoms with van der Waals surface area (Å²) in [6, 6.07) is -0.506. The first-order chi connectivity index (χ1) is 18.7.